The van der Waals surface area contributed by atoms with E-state index in [1.54, 1.807) is 23.0 Å². The first-order valence-electron chi connectivity index (χ1n) is 9.15. The average Bonchev–Trinajstić information content (AvgIpc) is 3.13. The molecule has 0 aliphatic heterocycles. The van der Waals surface area contributed by atoms with Gasteiger partial charge in [0.1, 0.15) is 12.4 Å². The standard InChI is InChI=1S/C22H15Cl2IN4OS/c23-17-8-7-16(18(24)11-17)13-30-20-9-6-14(10-19(20)25)12-26-29-21(27-28-22(29)31)15-4-2-1-3-5-15/h1-12H,13H2,(H,28,31)/b26-12-. The Hall–Kier alpha value is -2.20. The molecule has 0 aliphatic rings. The first-order valence-corrected chi connectivity index (χ1v) is 11.4. The maximum atomic E-state index is 6.22. The predicted octanol–water partition coefficient (Wildman–Crippen LogP) is 6.98. The predicted molar refractivity (Wildman–Crippen MR) is 136 cm³/mol. The summed E-state index contributed by atoms with van der Waals surface area (Å²) in [5.74, 6) is 1.41. The van der Waals surface area contributed by atoms with Crippen LogP contribution in [-0.4, -0.2) is 21.1 Å². The van der Waals surface area contributed by atoms with Crippen LogP contribution in [0.1, 0.15) is 11.1 Å². The minimum atomic E-state index is 0.351. The molecule has 0 bridgehead atoms. The third-order valence-electron chi connectivity index (χ3n) is 4.36. The highest BCUT2D eigenvalue weighted by Crippen LogP contribution is 2.26. The molecule has 4 rings (SSSR count). The van der Waals surface area contributed by atoms with Gasteiger partial charge in [-0.2, -0.15) is 14.9 Å². The first-order chi connectivity index (χ1) is 15.0. The van der Waals surface area contributed by atoms with Crippen LogP contribution in [0.5, 0.6) is 5.75 Å². The van der Waals surface area contributed by atoms with E-state index in [0.29, 0.717) is 27.2 Å². The van der Waals surface area contributed by atoms with Crippen molar-refractivity contribution in [1.82, 2.24) is 14.9 Å². The van der Waals surface area contributed by atoms with Crippen molar-refractivity contribution in [2.75, 3.05) is 0 Å². The number of hydrogen-bond acceptors (Lipinski definition) is 4. The smallest absolute Gasteiger partial charge is 0.216 e. The zero-order valence-corrected chi connectivity index (χ0v) is 20.4. The van der Waals surface area contributed by atoms with E-state index in [9.17, 15) is 0 Å². The number of aromatic nitrogens is 3. The number of aromatic amines is 1. The van der Waals surface area contributed by atoms with Gasteiger partial charge >= 0.3 is 0 Å². The first kappa shape index (κ1) is 22.0. The molecule has 0 unspecified atom stereocenters. The lowest BCUT2D eigenvalue weighted by Crippen LogP contribution is -1.99. The van der Waals surface area contributed by atoms with Gasteiger partial charge in [0.2, 0.25) is 4.77 Å². The molecule has 1 N–H and O–H groups in total. The number of hydrogen-bond donors (Lipinski definition) is 1. The Balaban J connectivity index is 1.51. The number of nitrogens with one attached hydrogen (secondary N) is 1. The van der Waals surface area contributed by atoms with Crippen LogP contribution in [0.15, 0.2) is 71.8 Å². The minimum absolute atomic E-state index is 0.351. The van der Waals surface area contributed by atoms with Gasteiger partial charge in [0.25, 0.3) is 0 Å². The van der Waals surface area contributed by atoms with Crippen LogP contribution in [0, 0.1) is 8.34 Å². The molecule has 9 heteroatoms. The van der Waals surface area contributed by atoms with Crippen LogP contribution < -0.4 is 4.74 Å². The number of rotatable bonds is 6. The molecule has 0 spiro atoms. The Labute approximate surface area is 207 Å². The summed E-state index contributed by atoms with van der Waals surface area (Å²) in [7, 11) is 0. The van der Waals surface area contributed by atoms with Crippen molar-refractivity contribution in [2.24, 2.45) is 5.10 Å². The molecular weight excluding hydrogens is 566 g/mol. The molecule has 0 fully saturated rings. The molecule has 0 amide bonds. The van der Waals surface area contributed by atoms with E-state index in [2.05, 4.69) is 37.9 Å². The van der Waals surface area contributed by atoms with E-state index in [1.165, 1.54) is 0 Å². The molecule has 0 aliphatic carbocycles. The van der Waals surface area contributed by atoms with Gasteiger partial charge in [-0.3, -0.25) is 0 Å². The molecule has 0 saturated carbocycles. The molecule has 1 heterocycles. The minimum Gasteiger partial charge on any atom is -0.488 e. The summed E-state index contributed by atoms with van der Waals surface area (Å²) in [4.78, 5) is 0. The van der Waals surface area contributed by atoms with E-state index in [1.807, 2.05) is 54.6 Å². The second-order valence-electron chi connectivity index (χ2n) is 6.49. The van der Waals surface area contributed by atoms with Crippen LogP contribution in [0.2, 0.25) is 10.0 Å². The lowest BCUT2D eigenvalue weighted by atomic mass is 10.2. The highest BCUT2D eigenvalue weighted by atomic mass is 127. The molecule has 5 nitrogen and oxygen atoms in total. The van der Waals surface area contributed by atoms with Crippen molar-refractivity contribution in [3.8, 4) is 17.1 Å². The van der Waals surface area contributed by atoms with E-state index < -0.39 is 0 Å². The van der Waals surface area contributed by atoms with E-state index in [4.69, 9.17) is 40.2 Å². The molecule has 0 saturated heterocycles. The Morgan fingerprint density at radius 2 is 1.90 bits per heavy atom. The molecule has 156 valence electrons. The van der Waals surface area contributed by atoms with Gasteiger partial charge in [0, 0.05) is 21.2 Å². The molecule has 0 radical (unpaired) electrons. The van der Waals surface area contributed by atoms with Gasteiger partial charge in [-0.05, 0) is 70.7 Å². The summed E-state index contributed by atoms with van der Waals surface area (Å²) in [5.41, 5.74) is 2.70. The summed E-state index contributed by atoms with van der Waals surface area (Å²) in [6, 6.07) is 20.9. The summed E-state index contributed by atoms with van der Waals surface area (Å²) in [5, 5.41) is 12.8. The Bertz CT molecular complexity index is 1300. The second-order valence-corrected chi connectivity index (χ2v) is 8.88. The molecule has 4 aromatic rings. The third kappa shape index (κ3) is 5.35. The molecule has 0 atom stereocenters. The van der Waals surface area contributed by atoms with Crippen molar-refractivity contribution in [2.45, 2.75) is 6.61 Å². The molecule has 3 aromatic carbocycles. The summed E-state index contributed by atoms with van der Waals surface area (Å²) in [6.45, 7) is 0.351. The largest absolute Gasteiger partial charge is 0.488 e. The van der Waals surface area contributed by atoms with Crippen molar-refractivity contribution >= 4 is 64.2 Å². The number of H-pyrrole nitrogens is 1. The number of benzene rings is 3. The fraction of sp³-hybridized carbons (Fsp3) is 0.0455. The zero-order valence-electron chi connectivity index (χ0n) is 15.9. The average molecular weight is 581 g/mol. The summed E-state index contributed by atoms with van der Waals surface area (Å²) in [6.07, 6.45) is 1.74. The normalized spacial score (nSPS) is 11.2. The van der Waals surface area contributed by atoms with E-state index in [0.717, 1.165) is 26.0 Å². The molecule has 31 heavy (non-hydrogen) atoms. The van der Waals surface area contributed by atoms with Gasteiger partial charge < -0.3 is 4.74 Å². The van der Waals surface area contributed by atoms with Crippen LogP contribution in [0.4, 0.5) is 0 Å². The number of halogens is 3. The SMILES string of the molecule is S=c1[nH]nc(-c2ccccc2)n1/N=C\c1ccc(OCc2ccc(Cl)cc2Cl)c(I)c1. The number of nitrogens with zero attached hydrogens (tertiary/aromatic N) is 3. The highest BCUT2D eigenvalue weighted by molar-refractivity contribution is 14.1. The molecule has 1 aromatic heterocycles. The maximum Gasteiger partial charge on any atom is 0.216 e. The monoisotopic (exact) mass is 580 g/mol. The van der Waals surface area contributed by atoms with Gasteiger partial charge in [0.05, 0.1) is 9.78 Å². The van der Waals surface area contributed by atoms with Crippen LogP contribution in [0.3, 0.4) is 0 Å². The van der Waals surface area contributed by atoms with Crippen molar-refractivity contribution in [3.63, 3.8) is 0 Å². The lowest BCUT2D eigenvalue weighted by molar-refractivity contribution is 0.304. The van der Waals surface area contributed by atoms with Crippen molar-refractivity contribution in [1.29, 1.82) is 0 Å². The van der Waals surface area contributed by atoms with Gasteiger partial charge in [-0.1, -0.05) is 59.6 Å². The van der Waals surface area contributed by atoms with E-state index in [-0.39, 0.29) is 0 Å². The maximum absolute atomic E-state index is 6.22. The van der Waals surface area contributed by atoms with Gasteiger partial charge in [-0.25, -0.2) is 5.10 Å². The topological polar surface area (TPSA) is 55.2 Å². The third-order valence-corrected chi connectivity index (χ3v) is 6.05. The number of ether oxygens (including phenoxy) is 1. The Morgan fingerprint density at radius 3 is 2.65 bits per heavy atom. The van der Waals surface area contributed by atoms with E-state index >= 15 is 0 Å². The fourth-order valence-corrected chi connectivity index (χ4v) is 4.14. The molecular formula is C22H15Cl2IN4OS. The highest BCUT2D eigenvalue weighted by Gasteiger charge is 2.08. The van der Waals surface area contributed by atoms with Crippen LogP contribution >= 0.6 is 58.0 Å². The zero-order chi connectivity index (χ0) is 21.8. The quantitative estimate of drug-likeness (QED) is 0.152. The van der Waals surface area contributed by atoms with Gasteiger partial charge in [-0.15, -0.1) is 0 Å². The fourth-order valence-electron chi connectivity index (χ4n) is 2.81. The Morgan fingerprint density at radius 1 is 1.10 bits per heavy atom. The van der Waals surface area contributed by atoms with Gasteiger partial charge in [0.15, 0.2) is 5.82 Å². The lowest BCUT2D eigenvalue weighted by Gasteiger charge is -2.10. The summed E-state index contributed by atoms with van der Waals surface area (Å²) >= 11 is 19.7. The van der Waals surface area contributed by atoms with Crippen LogP contribution in [-0.2, 0) is 6.61 Å². The second kappa shape index (κ2) is 9.95. The summed E-state index contributed by atoms with van der Waals surface area (Å²) < 4.78 is 8.90. The van der Waals surface area contributed by atoms with Crippen LogP contribution in [0.25, 0.3) is 11.4 Å². The Kier molecular flexibility index (Phi) is 7.06. The van der Waals surface area contributed by atoms with Crippen molar-refractivity contribution < 1.29 is 4.74 Å². The van der Waals surface area contributed by atoms with Crippen molar-refractivity contribution in [3.05, 3.63) is 96.2 Å².